The van der Waals surface area contributed by atoms with Crippen LogP contribution in [0.15, 0.2) is 60.2 Å². The fourth-order valence-electron chi connectivity index (χ4n) is 3.76. The molecular weight excluding hydrogens is 356 g/mol. The van der Waals surface area contributed by atoms with E-state index in [4.69, 9.17) is 0 Å². The van der Waals surface area contributed by atoms with E-state index < -0.39 is 0 Å². The smallest absolute Gasteiger partial charge is 0.0645 e. The second kappa shape index (κ2) is 8.80. The number of nitrogens with zero attached hydrogens (tertiary/aromatic N) is 4. The van der Waals surface area contributed by atoms with Gasteiger partial charge in [0, 0.05) is 62.0 Å². The van der Waals surface area contributed by atoms with Crippen molar-refractivity contribution in [3.8, 4) is 5.69 Å². The Kier molecular flexibility index (Phi) is 5.99. The van der Waals surface area contributed by atoms with E-state index in [0.29, 0.717) is 6.04 Å². The van der Waals surface area contributed by atoms with Crippen molar-refractivity contribution >= 4 is 11.3 Å². The molecular formula is C21H26N4OS. The number of aliphatic hydroxyl groups is 1. The van der Waals surface area contributed by atoms with Gasteiger partial charge in [0.2, 0.25) is 0 Å². The Hall–Kier alpha value is -1.99. The molecule has 4 rings (SSSR count). The van der Waals surface area contributed by atoms with Crippen molar-refractivity contribution in [2.24, 2.45) is 0 Å². The van der Waals surface area contributed by atoms with Crippen LogP contribution in [0.5, 0.6) is 0 Å². The Morgan fingerprint density at radius 1 is 1.07 bits per heavy atom. The SMILES string of the molecule is OCC[C@@H]1CN(Cc2cnn(-c3ccccc3)c2)CCN1Cc1cccs1. The number of piperazine rings is 1. The summed E-state index contributed by atoms with van der Waals surface area (Å²) < 4.78 is 1.94. The lowest BCUT2D eigenvalue weighted by molar-refractivity contribution is 0.0506. The summed E-state index contributed by atoms with van der Waals surface area (Å²) in [5.74, 6) is 0. The van der Waals surface area contributed by atoms with Gasteiger partial charge in [-0.2, -0.15) is 5.10 Å². The van der Waals surface area contributed by atoms with Crippen LogP contribution in [0.4, 0.5) is 0 Å². The van der Waals surface area contributed by atoms with Gasteiger partial charge in [-0.25, -0.2) is 4.68 Å². The third-order valence-electron chi connectivity index (χ3n) is 5.15. The minimum absolute atomic E-state index is 0.241. The number of para-hydroxylation sites is 1. The Labute approximate surface area is 164 Å². The molecule has 0 bridgehead atoms. The maximum absolute atomic E-state index is 9.51. The van der Waals surface area contributed by atoms with E-state index in [1.165, 1.54) is 10.4 Å². The Bertz CT molecular complexity index is 818. The third kappa shape index (κ3) is 4.65. The molecule has 142 valence electrons. The summed E-state index contributed by atoms with van der Waals surface area (Å²) in [5, 5.41) is 16.2. The van der Waals surface area contributed by atoms with Crippen LogP contribution >= 0.6 is 11.3 Å². The molecule has 5 nitrogen and oxygen atoms in total. The number of hydrogen-bond acceptors (Lipinski definition) is 5. The number of aliphatic hydroxyl groups excluding tert-OH is 1. The molecule has 1 aliphatic rings. The minimum atomic E-state index is 0.241. The highest BCUT2D eigenvalue weighted by atomic mass is 32.1. The van der Waals surface area contributed by atoms with Gasteiger partial charge in [0.25, 0.3) is 0 Å². The lowest BCUT2D eigenvalue weighted by Crippen LogP contribution is -2.52. The van der Waals surface area contributed by atoms with Crippen molar-refractivity contribution in [1.82, 2.24) is 19.6 Å². The first-order valence-corrected chi connectivity index (χ1v) is 10.4. The molecule has 1 aromatic carbocycles. The zero-order chi connectivity index (χ0) is 18.5. The first-order valence-electron chi connectivity index (χ1n) is 9.50. The van der Waals surface area contributed by atoms with Crippen LogP contribution in [0, 0.1) is 0 Å². The molecule has 3 heterocycles. The maximum Gasteiger partial charge on any atom is 0.0645 e. The molecule has 0 saturated carbocycles. The monoisotopic (exact) mass is 382 g/mol. The van der Waals surface area contributed by atoms with Crippen molar-refractivity contribution in [3.05, 3.63) is 70.7 Å². The van der Waals surface area contributed by atoms with Crippen molar-refractivity contribution in [1.29, 1.82) is 0 Å². The summed E-state index contributed by atoms with van der Waals surface area (Å²) >= 11 is 1.81. The van der Waals surface area contributed by atoms with Crippen LogP contribution in [0.3, 0.4) is 0 Å². The number of thiophene rings is 1. The van der Waals surface area contributed by atoms with Crippen molar-refractivity contribution in [3.63, 3.8) is 0 Å². The second-order valence-electron chi connectivity index (χ2n) is 7.08. The van der Waals surface area contributed by atoms with Crippen LogP contribution in [0.1, 0.15) is 16.9 Å². The molecule has 6 heteroatoms. The molecule has 1 fully saturated rings. The van der Waals surface area contributed by atoms with Crippen molar-refractivity contribution in [2.75, 3.05) is 26.2 Å². The largest absolute Gasteiger partial charge is 0.396 e. The van der Waals surface area contributed by atoms with Gasteiger partial charge < -0.3 is 5.11 Å². The van der Waals surface area contributed by atoms with Crippen molar-refractivity contribution < 1.29 is 5.11 Å². The molecule has 1 atom stereocenters. The summed E-state index contributed by atoms with van der Waals surface area (Å²) in [5.41, 5.74) is 2.32. The van der Waals surface area contributed by atoms with E-state index in [9.17, 15) is 5.11 Å². The van der Waals surface area contributed by atoms with Gasteiger partial charge in [-0.15, -0.1) is 11.3 Å². The van der Waals surface area contributed by atoms with Crippen LogP contribution < -0.4 is 0 Å². The highest BCUT2D eigenvalue weighted by molar-refractivity contribution is 7.09. The van der Waals surface area contributed by atoms with Gasteiger partial charge in [-0.3, -0.25) is 9.80 Å². The van der Waals surface area contributed by atoms with Crippen molar-refractivity contribution in [2.45, 2.75) is 25.6 Å². The quantitative estimate of drug-likeness (QED) is 0.682. The van der Waals surface area contributed by atoms with E-state index >= 15 is 0 Å². The van der Waals surface area contributed by atoms with Gasteiger partial charge in [0.1, 0.15) is 0 Å². The molecule has 1 saturated heterocycles. The number of benzene rings is 1. The van der Waals surface area contributed by atoms with E-state index in [0.717, 1.165) is 44.8 Å². The molecule has 0 unspecified atom stereocenters. The first kappa shape index (κ1) is 18.4. The summed E-state index contributed by atoms with van der Waals surface area (Å²) in [6, 6.07) is 14.9. The standard InChI is InChI=1S/C21H26N4OS/c26-11-8-20-16-23(9-10-24(20)17-21-7-4-12-27-21)14-18-13-22-25(15-18)19-5-2-1-3-6-19/h1-7,12-13,15,20,26H,8-11,14,16-17H2/t20-/m1/s1. The zero-order valence-electron chi connectivity index (χ0n) is 15.4. The zero-order valence-corrected chi connectivity index (χ0v) is 16.3. The van der Waals surface area contributed by atoms with E-state index in [-0.39, 0.29) is 6.61 Å². The second-order valence-corrected chi connectivity index (χ2v) is 8.11. The summed E-state index contributed by atoms with van der Waals surface area (Å²) in [7, 11) is 0. The molecule has 1 N–H and O–H groups in total. The molecule has 0 radical (unpaired) electrons. The average molecular weight is 383 g/mol. The van der Waals surface area contributed by atoms with Crippen LogP contribution in [-0.4, -0.2) is 57.0 Å². The van der Waals surface area contributed by atoms with Crippen LogP contribution in [-0.2, 0) is 13.1 Å². The van der Waals surface area contributed by atoms with E-state index in [1.54, 1.807) is 0 Å². The van der Waals surface area contributed by atoms with Gasteiger partial charge in [0.15, 0.2) is 0 Å². The van der Waals surface area contributed by atoms with Gasteiger partial charge in [-0.05, 0) is 30.0 Å². The summed E-state index contributed by atoms with van der Waals surface area (Å²) in [6.45, 7) is 5.21. The predicted molar refractivity (Wildman–Crippen MR) is 109 cm³/mol. The molecule has 3 aromatic rings. The molecule has 1 aliphatic heterocycles. The Morgan fingerprint density at radius 3 is 2.74 bits per heavy atom. The first-order chi connectivity index (χ1) is 13.3. The fraction of sp³-hybridized carbons (Fsp3) is 0.381. The van der Waals surface area contributed by atoms with E-state index in [1.807, 2.05) is 40.4 Å². The van der Waals surface area contributed by atoms with E-state index in [2.05, 4.69) is 50.7 Å². The number of hydrogen-bond donors (Lipinski definition) is 1. The normalized spacial score (nSPS) is 18.8. The number of rotatable bonds is 7. The van der Waals surface area contributed by atoms with Gasteiger partial charge in [-0.1, -0.05) is 24.3 Å². The third-order valence-corrected chi connectivity index (χ3v) is 6.01. The van der Waals surface area contributed by atoms with Crippen LogP contribution in [0.25, 0.3) is 5.69 Å². The van der Waals surface area contributed by atoms with Gasteiger partial charge >= 0.3 is 0 Å². The highest BCUT2D eigenvalue weighted by Gasteiger charge is 2.27. The Morgan fingerprint density at radius 2 is 1.96 bits per heavy atom. The lowest BCUT2D eigenvalue weighted by Gasteiger charge is -2.41. The molecule has 0 spiro atoms. The maximum atomic E-state index is 9.51. The van der Waals surface area contributed by atoms with Gasteiger partial charge in [0.05, 0.1) is 11.9 Å². The molecule has 0 amide bonds. The molecule has 2 aromatic heterocycles. The predicted octanol–water partition coefficient (Wildman–Crippen LogP) is 3.00. The Balaban J connectivity index is 1.38. The number of aromatic nitrogens is 2. The molecule has 27 heavy (non-hydrogen) atoms. The summed E-state index contributed by atoms with van der Waals surface area (Å²) in [4.78, 5) is 6.40. The highest BCUT2D eigenvalue weighted by Crippen LogP contribution is 2.20. The fourth-order valence-corrected chi connectivity index (χ4v) is 4.49. The topological polar surface area (TPSA) is 44.5 Å². The molecule has 0 aliphatic carbocycles. The summed E-state index contributed by atoms with van der Waals surface area (Å²) in [6.07, 6.45) is 4.91. The minimum Gasteiger partial charge on any atom is -0.396 e. The lowest BCUT2D eigenvalue weighted by atomic mass is 10.1. The van der Waals surface area contributed by atoms with Crippen LogP contribution in [0.2, 0.25) is 0 Å². The average Bonchev–Trinajstić information content (AvgIpc) is 3.37.